The molecule has 5 heterocycles. The Labute approximate surface area is 212 Å². The zero-order valence-corrected chi connectivity index (χ0v) is 19.8. The molecule has 1 saturated heterocycles. The normalized spacial score (nSPS) is 14.6. The third-order valence-corrected chi connectivity index (χ3v) is 6.09. The van der Waals surface area contributed by atoms with E-state index in [4.69, 9.17) is 16.0 Å². The summed E-state index contributed by atoms with van der Waals surface area (Å²) >= 11 is 0. The molecule has 1 aliphatic rings. The van der Waals surface area contributed by atoms with Gasteiger partial charge in [0.25, 0.3) is 11.8 Å². The monoisotopic (exact) mass is 491 g/mol. The Kier molecular flexibility index (Phi) is 6.18. The number of nitrogens with zero attached hydrogens (tertiary/aromatic N) is 7. The molecule has 37 heavy (non-hydrogen) atoms. The predicted octanol–water partition coefficient (Wildman–Crippen LogP) is 2.23. The first-order chi connectivity index (χ1) is 18.0. The van der Waals surface area contributed by atoms with Crippen LogP contribution in [0.15, 0.2) is 48.9 Å². The Morgan fingerprint density at radius 3 is 2.76 bits per heavy atom. The van der Waals surface area contributed by atoms with E-state index >= 15 is 0 Å². The van der Waals surface area contributed by atoms with Crippen molar-refractivity contribution < 1.29 is 9.59 Å². The number of carbonyl (C=O) groups excluding carboxylic acids is 2. The first-order valence-electron chi connectivity index (χ1n) is 11.5. The lowest BCUT2D eigenvalue weighted by Crippen LogP contribution is -2.26. The van der Waals surface area contributed by atoms with Gasteiger partial charge < -0.3 is 16.0 Å². The summed E-state index contributed by atoms with van der Waals surface area (Å²) in [6, 6.07) is 10.2. The van der Waals surface area contributed by atoms with Gasteiger partial charge >= 0.3 is 0 Å². The van der Waals surface area contributed by atoms with Gasteiger partial charge in [0.2, 0.25) is 5.95 Å². The standard InChI is InChI=1S/C26H21N9O2/c1-2-3-22(36)34-11-8-18(15-34)23-20-7-10-30-26(28)35(20)24(33-23)17-4-5-19(31-14-17)25(37)32-21-12-16(13-27)6-9-29-21/h4-7,9-10,12,14,18H,8,11,15H2,1H3,(H2,28,30)(H,29,32,37). The topological polar surface area (TPSA) is 155 Å². The predicted molar refractivity (Wildman–Crippen MR) is 135 cm³/mol. The highest BCUT2D eigenvalue weighted by atomic mass is 16.2. The molecule has 1 aliphatic heterocycles. The average molecular weight is 492 g/mol. The molecular formula is C26H21N9O2. The van der Waals surface area contributed by atoms with Crippen molar-refractivity contribution >= 4 is 29.1 Å². The fraction of sp³-hybridized carbons (Fsp3) is 0.192. The molecular weight excluding hydrogens is 470 g/mol. The summed E-state index contributed by atoms with van der Waals surface area (Å²) in [6.07, 6.45) is 5.37. The molecule has 1 unspecified atom stereocenters. The minimum absolute atomic E-state index is 0.0165. The second kappa shape index (κ2) is 9.76. The summed E-state index contributed by atoms with van der Waals surface area (Å²) < 4.78 is 1.75. The number of anilines is 2. The lowest BCUT2D eigenvalue weighted by Gasteiger charge is -2.12. The molecule has 0 aliphatic carbocycles. The molecule has 0 aromatic carbocycles. The van der Waals surface area contributed by atoms with Crippen LogP contribution in [0.5, 0.6) is 0 Å². The largest absolute Gasteiger partial charge is 0.369 e. The molecule has 0 radical (unpaired) electrons. The molecule has 0 saturated carbocycles. The molecule has 5 rings (SSSR count). The SMILES string of the molecule is CC#CC(=O)N1CCC(c2nc(-c3ccc(C(=O)Nc4cc(C#N)ccn4)nc3)n3c(N)nccc23)C1. The van der Waals surface area contributed by atoms with E-state index in [2.05, 4.69) is 32.1 Å². The zero-order valence-electron chi connectivity index (χ0n) is 19.8. The molecule has 11 nitrogen and oxygen atoms in total. The van der Waals surface area contributed by atoms with E-state index in [-0.39, 0.29) is 29.3 Å². The summed E-state index contributed by atoms with van der Waals surface area (Å²) in [6.45, 7) is 2.76. The number of nitrogen functional groups attached to an aromatic ring is 1. The van der Waals surface area contributed by atoms with Crippen LogP contribution in [-0.4, -0.2) is 54.1 Å². The van der Waals surface area contributed by atoms with Crippen molar-refractivity contribution in [1.82, 2.24) is 29.2 Å². The number of nitrogens with one attached hydrogen (secondary N) is 1. The van der Waals surface area contributed by atoms with Gasteiger partial charge in [-0.3, -0.25) is 19.0 Å². The number of nitrogens with two attached hydrogens (primary N) is 1. The van der Waals surface area contributed by atoms with E-state index in [1.807, 2.05) is 12.1 Å². The average Bonchev–Trinajstić information content (AvgIpc) is 3.55. The highest BCUT2D eigenvalue weighted by Crippen LogP contribution is 2.33. The summed E-state index contributed by atoms with van der Waals surface area (Å²) in [5.41, 5.74) is 9.03. The Morgan fingerprint density at radius 2 is 2.00 bits per heavy atom. The number of aromatic nitrogens is 5. The van der Waals surface area contributed by atoms with Crippen molar-refractivity contribution in [3.8, 4) is 29.3 Å². The Bertz CT molecular complexity index is 1620. The van der Waals surface area contributed by atoms with Gasteiger partial charge in [-0.15, -0.1) is 0 Å². The van der Waals surface area contributed by atoms with E-state index in [9.17, 15) is 9.59 Å². The van der Waals surface area contributed by atoms with Gasteiger partial charge in [-0.1, -0.05) is 5.92 Å². The van der Waals surface area contributed by atoms with Crippen LogP contribution in [0.25, 0.3) is 16.9 Å². The second-order valence-corrected chi connectivity index (χ2v) is 8.38. The molecule has 4 aromatic heterocycles. The van der Waals surface area contributed by atoms with Gasteiger partial charge in [0, 0.05) is 43.2 Å². The highest BCUT2D eigenvalue weighted by molar-refractivity contribution is 6.02. The Morgan fingerprint density at radius 1 is 1.16 bits per heavy atom. The third-order valence-electron chi connectivity index (χ3n) is 6.09. The maximum absolute atomic E-state index is 12.6. The van der Waals surface area contributed by atoms with Gasteiger partial charge in [0.15, 0.2) is 0 Å². The quantitative estimate of drug-likeness (QED) is 0.412. The van der Waals surface area contributed by atoms with Gasteiger partial charge in [0.1, 0.15) is 17.3 Å². The van der Waals surface area contributed by atoms with Crippen molar-refractivity contribution in [2.75, 3.05) is 24.1 Å². The van der Waals surface area contributed by atoms with Crippen molar-refractivity contribution in [3.63, 3.8) is 0 Å². The molecule has 11 heteroatoms. The molecule has 4 aromatic rings. The van der Waals surface area contributed by atoms with Crippen molar-refractivity contribution in [3.05, 3.63) is 65.9 Å². The highest BCUT2D eigenvalue weighted by Gasteiger charge is 2.31. The fourth-order valence-corrected chi connectivity index (χ4v) is 4.34. The number of fused-ring (bicyclic) bond motifs is 1. The van der Waals surface area contributed by atoms with Crippen LogP contribution in [0, 0.1) is 23.2 Å². The minimum Gasteiger partial charge on any atom is -0.369 e. The van der Waals surface area contributed by atoms with Crippen molar-refractivity contribution in [1.29, 1.82) is 5.26 Å². The second-order valence-electron chi connectivity index (χ2n) is 8.38. The van der Waals surface area contributed by atoms with Crippen LogP contribution in [0.2, 0.25) is 0 Å². The number of nitriles is 1. The lowest BCUT2D eigenvalue weighted by atomic mass is 10.0. The first-order valence-corrected chi connectivity index (χ1v) is 11.5. The number of imidazole rings is 1. The summed E-state index contributed by atoms with van der Waals surface area (Å²) in [5, 5.41) is 11.7. The van der Waals surface area contributed by atoms with Gasteiger partial charge in [-0.2, -0.15) is 5.26 Å². The van der Waals surface area contributed by atoms with E-state index in [0.29, 0.717) is 30.0 Å². The third kappa shape index (κ3) is 4.54. The van der Waals surface area contributed by atoms with Crippen LogP contribution in [-0.2, 0) is 4.79 Å². The number of pyridine rings is 2. The maximum Gasteiger partial charge on any atom is 0.298 e. The first kappa shape index (κ1) is 23.5. The Hall–Kier alpha value is -5.29. The van der Waals surface area contributed by atoms with Crippen LogP contribution >= 0.6 is 0 Å². The maximum atomic E-state index is 12.6. The minimum atomic E-state index is -0.463. The fourth-order valence-electron chi connectivity index (χ4n) is 4.34. The Balaban J connectivity index is 1.43. The van der Waals surface area contributed by atoms with E-state index in [1.54, 1.807) is 46.8 Å². The number of likely N-dealkylation sites (tertiary alicyclic amines) is 1. The molecule has 182 valence electrons. The molecule has 0 bridgehead atoms. The zero-order chi connectivity index (χ0) is 25.9. The molecule has 3 N–H and O–H groups in total. The van der Waals surface area contributed by atoms with E-state index < -0.39 is 5.91 Å². The number of carbonyl (C=O) groups is 2. The van der Waals surface area contributed by atoms with Crippen LogP contribution < -0.4 is 11.1 Å². The molecule has 1 atom stereocenters. The van der Waals surface area contributed by atoms with Gasteiger partial charge in [0.05, 0.1) is 22.8 Å². The van der Waals surface area contributed by atoms with Crippen LogP contribution in [0.1, 0.15) is 41.0 Å². The summed E-state index contributed by atoms with van der Waals surface area (Å²) in [5.74, 6) is 5.67. The van der Waals surface area contributed by atoms with Crippen LogP contribution in [0.4, 0.5) is 11.8 Å². The summed E-state index contributed by atoms with van der Waals surface area (Å²) in [7, 11) is 0. The lowest BCUT2D eigenvalue weighted by molar-refractivity contribution is -0.124. The number of amides is 2. The van der Waals surface area contributed by atoms with E-state index in [0.717, 1.165) is 17.6 Å². The number of hydrogen-bond acceptors (Lipinski definition) is 8. The molecule has 1 fully saturated rings. The smallest absolute Gasteiger partial charge is 0.298 e. The van der Waals surface area contributed by atoms with Gasteiger partial charge in [-0.05, 0) is 49.6 Å². The number of rotatable bonds is 4. The molecule has 2 amide bonds. The van der Waals surface area contributed by atoms with Crippen molar-refractivity contribution in [2.24, 2.45) is 0 Å². The van der Waals surface area contributed by atoms with Crippen molar-refractivity contribution in [2.45, 2.75) is 19.3 Å². The summed E-state index contributed by atoms with van der Waals surface area (Å²) in [4.78, 5) is 44.1. The van der Waals surface area contributed by atoms with Crippen LogP contribution in [0.3, 0.4) is 0 Å². The molecule has 0 spiro atoms. The number of hydrogen-bond donors (Lipinski definition) is 2. The van der Waals surface area contributed by atoms with Gasteiger partial charge in [-0.25, -0.2) is 15.0 Å². The van der Waals surface area contributed by atoms with E-state index in [1.165, 1.54) is 12.3 Å².